The third-order valence-electron chi connectivity index (χ3n) is 12.1. The fourth-order valence-corrected chi connectivity index (χ4v) is 10.4. The van der Waals surface area contributed by atoms with Crippen LogP contribution in [0.1, 0.15) is 0 Å². The van der Waals surface area contributed by atoms with E-state index in [2.05, 4.69) is 251 Å². The molecule has 62 heavy (non-hydrogen) atoms. The van der Waals surface area contributed by atoms with E-state index < -0.39 is 0 Å². The van der Waals surface area contributed by atoms with Crippen molar-refractivity contribution in [3.05, 3.63) is 237 Å². The van der Waals surface area contributed by atoms with E-state index in [9.17, 15) is 0 Å². The number of nitrogens with zero attached hydrogens (tertiary/aromatic N) is 3. The average Bonchev–Trinajstić information content (AvgIpc) is 3.88. The van der Waals surface area contributed by atoms with Crippen LogP contribution >= 0.6 is 11.3 Å². The number of hydrogen-bond acceptors (Lipinski definition) is 3. The molecule has 0 unspecified atom stereocenters. The Morgan fingerprint density at radius 3 is 1.53 bits per heavy atom. The lowest BCUT2D eigenvalue weighted by Gasteiger charge is -2.30. The maximum atomic E-state index is 2.46. The Balaban J connectivity index is 1.14. The van der Waals surface area contributed by atoms with Gasteiger partial charge in [0.1, 0.15) is 0 Å². The molecule has 12 aromatic rings. The van der Waals surface area contributed by atoms with Crippen LogP contribution in [0.25, 0.3) is 69.6 Å². The second kappa shape index (κ2) is 15.0. The topological polar surface area (TPSA) is 11.4 Å². The van der Waals surface area contributed by atoms with Crippen molar-refractivity contribution in [2.75, 3.05) is 9.80 Å². The Hall–Kier alpha value is -7.92. The van der Waals surface area contributed by atoms with Gasteiger partial charge in [-0.1, -0.05) is 140 Å². The zero-order valence-electron chi connectivity index (χ0n) is 33.8. The SMILES string of the molecule is c1ccc(N(c2ccccc2)c2cc(-c3ccc4c5ccc6ccccc6c5n(-c5ccccc5)c4c3)cc(N(c3ccccc3)c3ccc4sc5ccccc5c4c3)c2)cc1. The first kappa shape index (κ1) is 36.0. The summed E-state index contributed by atoms with van der Waals surface area (Å²) in [5.74, 6) is 0. The minimum Gasteiger partial charge on any atom is -0.310 e. The van der Waals surface area contributed by atoms with Crippen molar-refractivity contribution in [3.8, 4) is 16.8 Å². The largest absolute Gasteiger partial charge is 0.310 e. The summed E-state index contributed by atoms with van der Waals surface area (Å²) >= 11 is 1.85. The smallest absolute Gasteiger partial charge is 0.0619 e. The monoisotopic (exact) mass is 809 g/mol. The van der Waals surface area contributed by atoms with Crippen molar-refractivity contribution >= 4 is 98.2 Å². The van der Waals surface area contributed by atoms with E-state index in [4.69, 9.17) is 0 Å². The molecule has 0 amide bonds. The molecule has 0 N–H and O–H groups in total. The summed E-state index contributed by atoms with van der Waals surface area (Å²) in [7, 11) is 0. The molecule has 0 spiro atoms. The molecule has 0 aliphatic carbocycles. The maximum absolute atomic E-state index is 2.46. The van der Waals surface area contributed by atoms with E-state index in [1.54, 1.807) is 0 Å². The lowest BCUT2D eigenvalue weighted by Crippen LogP contribution is -2.13. The van der Waals surface area contributed by atoms with Crippen LogP contribution in [0.3, 0.4) is 0 Å². The van der Waals surface area contributed by atoms with Crippen molar-refractivity contribution in [1.29, 1.82) is 0 Å². The number of thiophene rings is 1. The first-order chi connectivity index (χ1) is 30.7. The van der Waals surface area contributed by atoms with Gasteiger partial charge >= 0.3 is 0 Å². The number of benzene rings is 10. The summed E-state index contributed by atoms with van der Waals surface area (Å²) in [4.78, 5) is 4.79. The number of aromatic nitrogens is 1. The molecule has 0 saturated carbocycles. The van der Waals surface area contributed by atoms with Gasteiger partial charge in [0.05, 0.1) is 11.0 Å². The molecule has 2 heterocycles. The summed E-state index contributed by atoms with van der Waals surface area (Å²) < 4.78 is 5.04. The minimum absolute atomic E-state index is 1.06. The molecule has 0 saturated heterocycles. The first-order valence-corrected chi connectivity index (χ1v) is 21.9. The molecule has 12 rings (SSSR count). The fourth-order valence-electron chi connectivity index (χ4n) is 9.30. The number of fused-ring (bicyclic) bond motifs is 8. The minimum atomic E-state index is 1.06. The number of anilines is 6. The molecular weight excluding hydrogens is 771 g/mol. The molecule has 0 bridgehead atoms. The predicted molar refractivity (Wildman–Crippen MR) is 266 cm³/mol. The van der Waals surface area contributed by atoms with Gasteiger partial charge in [0.2, 0.25) is 0 Å². The van der Waals surface area contributed by atoms with Crippen LogP contribution < -0.4 is 9.80 Å². The molecule has 0 atom stereocenters. The Labute approximate surface area is 364 Å². The van der Waals surface area contributed by atoms with Gasteiger partial charge in [-0.3, -0.25) is 0 Å². The van der Waals surface area contributed by atoms with Crippen LogP contribution in [0.5, 0.6) is 0 Å². The standard InChI is InChI=1S/C58H39N3S/c1-5-18-43(19-6-1)59(44-20-7-2-8-21-44)48-35-42(36-49(38-48)60(45-22-9-3-10-23-45)47-31-34-57-54(39-47)52-27-15-16-28-56(52)62-57)41-30-32-51-53-33-29-40-17-13-14-26-50(40)58(53)61(55(51)37-41)46-24-11-4-12-25-46/h1-39H. The van der Waals surface area contributed by atoms with Gasteiger partial charge in [-0.25, -0.2) is 0 Å². The Morgan fingerprint density at radius 2 is 0.855 bits per heavy atom. The highest BCUT2D eigenvalue weighted by Crippen LogP contribution is 2.46. The highest BCUT2D eigenvalue weighted by molar-refractivity contribution is 7.25. The van der Waals surface area contributed by atoms with Gasteiger partial charge in [0, 0.05) is 76.1 Å². The summed E-state index contributed by atoms with van der Waals surface area (Å²) in [6, 6.07) is 86.0. The summed E-state index contributed by atoms with van der Waals surface area (Å²) in [5.41, 5.74) is 12.3. The van der Waals surface area contributed by atoms with E-state index >= 15 is 0 Å². The lowest BCUT2D eigenvalue weighted by molar-refractivity contribution is 1.19. The molecule has 4 heteroatoms. The van der Waals surface area contributed by atoms with E-state index in [-0.39, 0.29) is 0 Å². The van der Waals surface area contributed by atoms with Crippen LogP contribution in [0.2, 0.25) is 0 Å². The maximum Gasteiger partial charge on any atom is 0.0619 e. The Bertz CT molecular complexity index is 3540. The van der Waals surface area contributed by atoms with Gasteiger partial charge in [0.25, 0.3) is 0 Å². The van der Waals surface area contributed by atoms with Gasteiger partial charge < -0.3 is 14.4 Å². The van der Waals surface area contributed by atoms with E-state index in [1.165, 1.54) is 52.8 Å². The molecule has 292 valence electrons. The van der Waals surface area contributed by atoms with Crippen molar-refractivity contribution in [2.24, 2.45) is 0 Å². The highest BCUT2D eigenvalue weighted by Gasteiger charge is 2.22. The molecule has 3 nitrogen and oxygen atoms in total. The third kappa shape index (κ3) is 6.11. The molecule has 0 fully saturated rings. The zero-order valence-corrected chi connectivity index (χ0v) is 34.6. The normalized spacial score (nSPS) is 11.5. The summed E-state index contributed by atoms with van der Waals surface area (Å²) in [6.45, 7) is 0. The molecule has 0 aliphatic rings. The second-order valence-corrected chi connectivity index (χ2v) is 16.9. The second-order valence-electron chi connectivity index (χ2n) is 15.8. The van der Waals surface area contributed by atoms with Crippen LogP contribution in [0.4, 0.5) is 34.1 Å². The van der Waals surface area contributed by atoms with Gasteiger partial charge in [-0.2, -0.15) is 0 Å². The molecule has 0 aliphatic heterocycles. The Morgan fingerprint density at radius 1 is 0.306 bits per heavy atom. The molecule has 10 aromatic carbocycles. The van der Waals surface area contributed by atoms with Gasteiger partial charge in [-0.15, -0.1) is 11.3 Å². The average molecular weight is 810 g/mol. The number of rotatable bonds is 8. The van der Waals surface area contributed by atoms with Crippen LogP contribution in [0.15, 0.2) is 237 Å². The number of hydrogen-bond donors (Lipinski definition) is 0. The van der Waals surface area contributed by atoms with Crippen LogP contribution in [-0.4, -0.2) is 4.57 Å². The summed E-state index contributed by atoms with van der Waals surface area (Å²) in [5, 5.41) is 7.50. The van der Waals surface area contributed by atoms with Crippen molar-refractivity contribution in [3.63, 3.8) is 0 Å². The highest BCUT2D eigenvalue weighted by atomic mass is 32.1. The predicted octanol–water partition coefficient (Wildman–Crippen LogP) is 16.9. The quantitative estimate of drug-likeness (QED) is 0.151. The van der Waals surface area contributed by atoms with Crippen molar-refractivity contribution in [2.45, 2.75) is 0 Å². The van der Waals surface area contributed by atoms with E-state index in [0.29, 0.717) is 0 Å². The first-order valence-electron chi connectivity index (χ1n) is 21.1. The van der Waals surface area contributed by atoms with E-state index in [1.807, 2.05) is 11.3 Å². The van der Waals surface area contributed by atoms with Crippen LogP contribution in [0, 0.1) is 0 Å². The lowest BCUT2D eigenvalue weighted by atomic mass is 10.00. The molecule has 2 aromatic heterocycles. The van der Waals surface area contributed by atoms with E-state index in [0.717, 1.165) is 50.9 Å². The van der Waals surface area contributed by atoms with Crippen molar-refractivity contribution in [1.82, 2.24) is 4.57 Å². The van der Waals surface area contributed by atoms with Crippen LogP contribution in [-0.2, 0) is 0 Å². The Kier molecular flexibility index (Phi) is 8.68. The number of para-hydroxylation sites is 4. The summed E-state index contributed by atoms with van der Waals surface area (Å²) in [6.07, 6.45) is 0. The van der Waals surface area contributed by atoms with Gasteiger partial charge in [0.15, 0.2) is 0 Å². The zero-order chi connectivity index (χ0) is 41.0. The molecule has 0 radical (unpaired) electrons. The third-order valence-corrected chi connectivity index (χ3v) is 13.2. The fraction of sp³-hybridized carbons (Fsp3) is 0. The molecular formula is C58H39N3S. The van der Waals surface area contributed by atoms with Crippen molar-refractivity contribution < 1.29 is 0 Å². The van der Waals surface area contributed by atoms with Gasteiger partial charge in [-0.05, 0) is 114 Å².